The number of aromatic nitrogens is 2. The predicted molar refractivity (Wildman–Crippen MR) is 113 cm³/mol. The van der Waals surface area contributed by atoms with Gasteiger partial charge in [0.1, 0.15) is 23.6 Å². The molecule has 1 amide bonds. The minimum Gasteiger partial charge on any atom is -0.497 e. The van der Waals surface area contributed by atoms with Crippen LogP contribution < -0.4 is 14.8 Å². The summed E-state index contributed by atoms with van der Waals surface area (Å²) in [6.45, 7) is 1.36. The third-order valence-electron chi connectivity index (χ3n) is 4.79. The van der Waals surface area contributed by atoms with Crippen molar-refractivity contribution in [3.8, 4) is 11.5 Å². The van der Waals surface area contributed by atoms with Crippen molar-refractivity contribution in [2.45, 2.75) is 13.0 Å². The van der Waals surface area contributed by atoms with E-state index >= 15 is 0 Å². The Morgan fingerprint density at radius 1 is 1.10 bits per heavy atom. The van der Waals surface area contributed by atoms with Crippen LogP contribution in [0.25, 0.3) is 21.8 Å². The van der Waals surface area contributed by atoms with Crippen molar-refractivity contribution in [2.24, 2.45) is 0 Å². The number of methoxy groups -OCH3 is 1. The van der Waals surface area contributed by atoms with Gasteiger partial charge in [-0.25, -0.2) is 0 Å². The maximum absolute atomic E-state index is 12.3. The van der Waals surface area contributed by atoms with Gasteiger partial charge in [-0.1, -0.05) is 18.2 Å². The molecule has 0 saturated carbocycles. The molecule has 6 heteroatoms. The Hall–Kier alpha value is -3.54. The molecule has 2 aromatic carbocycles. The predicted octanol–water partition coefficient (Wildman–Crippen LogP) is 3.78. The second kappa shape index (κ2) is 8.65. The molecule has 0 aliphatic heterocycles. The quantitative estimate of drug-likeness (QED) is 0.466. The molecule has 2 aromatic heterocycles. The number of para-hydroxylation sites is 1. The van der Waals surface area contributed by atoms with Crippen LogP contribution in [0.1, 0.15) is 6.42 Å². The molecular weight excluding hydrogens is 366 g/mol. The van der Waals surface area contributed by atoms with E-state index in [1.165, 1.54) is 0 Å². The molecule has 0 spiro atoms. The summed E-state index contributed by atoms with van der Waals surface area (Å²) < 4.78 is 13.0. The number of carbonyl (C=O) groups excluding carboxylic acids is 1. The van der Waals surface area contributed by atoms with Gasteiger partial charge in [-0.3, -0.25) is 9.78 Å². The fourth-order valence-corrected chi connectivity index (χ4v) is 3.33. The van der Waals surface area contributed by atoms with E-state index in [-0.39, 0.29) is 12.5 Å². The van der Waals surface area contributed by atoms with Gasteiger partial charge in [0.2, 0.25) is 5.91 Å². The number of hydrogen-bond donors (Lipinski definition) is 1. The molecule has 0 atom stereocenters. The lowest BCUT2D eigenvalue weighted by atomic mass is 10.2. The van der Waals surface area contributed by atoms with Crippen molar-refractivity contribution in [2.75, 3.05) is 20.3 Å². The van der Waals surface area contributed by atoms with E-state index in [4.69, 9.17) is 9.47 Å². The zero-order valence-corrected chi connectivity index (χ0v) is 16.3. The molecule has 0 radical (unpaired) electrons. The number of ether oxygens (including phenoxy) is 2. The molecule has 0 saturated heterocycles. The van der Waals surface area contributed by atoms with Gasteiger partial charge < -0.3 is 19.4 Å². The van der Waals surface area contributed by atoms with E-state index in [1.807, 2.05) is 65.4 Å². The Morgan fingerprint density at radius 3 is 2.90 bits per heavy atom. The smallest absolute Gasteiger partial charge is 0.239 e. The van der Waals surface area contributed by atoms with E-state index in [2.05, 4.69) is 10.3 Å². The molecule has 1 N–H and O–H groups in total. The van der Waals surface area contributed by atoms with Crippen LogP contribution in [0.4, 0.5) is 0 Å². The largest absolute Gasteiger partial charge is 0.497 e. The number of pyridine rings is 1. The van der Waals surface area contributed by atoms with Crippen LogP contribution in [-0.2, 0) is 11.3 Å². The Labute approximate surface area is 169 Å². The van der Waals surface area contributed by atoms with Crippen molar-refractivity contribution < 1.29 is 14.3 Å². The zero-order valence-electron chi connectivity index (χ0n) is 16.3. The van der Waals surface area contributed by atoms with Crippen LogP contribution in [0.15, 0.2) is 67.0 Å². The Morgan fingerprint density at radius 2 is 2.00 bits per heavy atom. The fraction of sp³-hybridized carbons (Fsp3) is 0.217. The van der Waals surface area contributed by atoms with Crippen molar-refractivity contribution in [3.05, 3.63) is 67.0 Å². The molecule has 4 rings (SSSR count). The summed E-state index contributed by atoms with van der Waals surface area (Å²) in [5, 5.41) is 5.05. The SMILES string of the molecule is COc1ccc2c(ccn2CC(=O)NCCCOc2cccc3cccnc23)c1. The topological polar surface area (TPSA) is 65.4 Å². The van der Waals surface area contributed by atoms with Crippen LogP contribution >= 0.6 is 0 Å². The molecule has 29 heavy (non-hydrogen) atoms. The highest BCUT2D eigenvalue weighted by Gasteiger charge is 2.07. The van der Waals surface area contributed by atoms with E-state index in [9.17, 15) is 4.79 Å². The number of benzene rings is 2. The summed E-state index contributed by atoms with van der Waals surface area (Å²) >= 11 is 0. The summed E-state index contributed by atoms with van der Waals surface area (Å²) in [5.41, 5.74) is 1.86. The minimum atomic E-state index is -0.0230. The molecule has 6 nitrogen and oxygen atoms in total. The summed E-state index contributed by atoms with van der Waals surface area (Å²) in [7, 11) is 1.64. The molecule has 0 unspecified atom stereocenters. The number of hydrogen-bond acceptors (Lipinski definition) is 4. The van der Waals surface area contributed by atoms with Gasteiger partial charge in [-0.05, 0) is 42.8 Å². The first-order chi connectivity index (χ1) is 14.2. The van der Waals surface area contributed by atoms with Gasteiger partial charge in [0, 0.05) is 35.2 Å². The minimum absolute atomic E-state index is 0.0230. The normalized spacial score (nSPS) is 10.9. The standard InChI is InChI=1S/C23H23N3O3/c1-28-19-8-9-20-18(15-19)10-13-26(20)16-22(27)24-12-4-14-29-21-7-2-5-17-6-3-11-25-23(17)21/h2-3,5-11,13,15H,4,12,14,16H2,1H3,(H,24,27). The third kappa shape index (κ3) is 4.32. The third-order valence-corrected chi connectivity index (χ3v) is 4.79. The van der Waals surface area contributed by atoms with Crippen molar-refractivity contribution in [1.29, 1.82) is 0 Å². The maximum atomic E-state index is 12.3. The first-order valence-electron chi connectivity index (χ1n) is 9.61. The number of nitrogens with one attached hydrogen (secondary N) is 1. The van der Waals surface area contributed by atoms with Gasteiger partial charge in [-0.2, -0.15) is 0 Å². The van der Waals surface area contributed by atoms with E-state index in [0.29, 0.717) is 13.2 Å². The van der Waals surface area contributed by atoms with Crippen LogP contribution in [0.5, 0.6) is 11.5 Å². The first kappa shape index (κ1) is 18.8. The Bertz CT molecular complexity index is 1130. The van der Waals surface area contributed by atoms with E-state index in [1.54, 1.807) is 13.3 Å². The monoisotopic (exact) mass is 389 g/mol. The lowest BCUT2D eigenvalue weighted by Crippen LogP contribution is -2.29. The highest BCUT2D eigenvalue weighted by molar-refractivity contribution is 5.85. The molecule has 0 aliphatic rings. The second-order valence-electron chi connectivity index (χ2n) is 6.75. The molecule has 0 bridgehead atoms. The highest BCUT2D eigenvalue weighted by atomic mass is 16.5. The number of nitrogens with zero attached hydrogens (tertiary/aromatic N) is 2. The highest BCUT2D eigenvalue weighted by Crippen LogP contribution is 2.23. The lowest BCUT2D eigenvalue weighted by molar-refractivity contribution is -0.121. The van der Waals surface area contributed by atoms with Gasteiger partial charge >= 0.3 is 0 Å². The second-order valence-corrected chi connectivity index (χ2v) is 6.75. The van der Waals surface area contributed by atoms with Crippen molar-refractivity contribution >= 4 is 27.7 Å². The lowest BCUT2D eigenvalue weighted by Gasteiger charge is -2.10. The zero-order chi connectivity index (χ0) is 20.1. The van der Waals surface area contributed by atoms with Gasteiger partial charge in [-0.15, -0.1) is 0 Å². The number of fused-ring (bicyclic) bond motifs is 2. The summed E-state index contributed by atoms with van der Waals surface area (Å²) in [6.07, 6.45) is 4.40. The Balaban J connectivity index is 1.25. The van der Waals surface area contributed by atoms with E-state index in [0.717, 1.165) is 39.7 Å². The summed E-state index contributed by atoms with van der Waals surface area (Å²) in [5.74, 6) is 1.55. The van der Waals surface area contributed by atoms with Gasteiger partial charge in [0.25, 0.3) is 0 Å². The van der Waals surface area contributed by atoms with Crippen LogP contribution in [0.3, 0.4) is 0 Å². The fourth-order valence-electron chi connectivity index (χ4n) is 3.33. The molecule has 148 valence electrons. The van der Waals surface area contributed by atoms with Crippen LogP contribution in [0, 0.1) is 0 Å². The molecule has 2 heterocycles. The van der Waals surface area contributed by atoms with Crippen molar-refractivity contribution in [1.82, 2.24) is 14.9 Å². The molecule has 4 aromatic rings. The maximum Gasteiger partial charge on any atom is 0.239 e. The summed E-state index contributed by atoms with van der Waals surface area (Å²) in [6, 6.07) is 17.6. The summed E-state index contributed by atoms with van der Waals surface area (Å²) in [4.78, 5) is 16.7. The number of rotatable bonds is 8. The van der Waals surface area contributed by atoms with Crippen LogP contribution in [0.2, 0.25) is 0 Å². The van der Waals surface area contributed by atoms with Crippen molar-refractivity contribution in [3.63, 3.8) is 0 Å². The molecular formula is C23H23N3O3. The first-order valence-corrected chi connectivity index (χ1v) is 9.61. The average Bonchev–Trinajstić information content (AvgIpc) is 3.15. The van der Waals surface area contributed by atoms with Crippen LogP contribution in [-0.4, -0.2) is 35.7 Å². The number of carbonyl (C=O) groups is 1. The van der Waals surface area contributed by atoms with E-state index < -0.39 is 0 Å². The molecule has 0 fully saturated rings. The van der Waals surface area contributed by atoms with Gasteiger partial charge in [0.15, 0.2) is 0 Å². The number of amides is 1. The average molecular weight is 389 g/mol. The molecule has 0 aliphatic carbocycles. The Kier molecular flexibility index (Phi) is 5.61. The van der Waals surface area contributed by atoms with Gasteiger partial charge in [0.05, 0.1) is 13.7 Å².